The monoisotopic (exact) mass is 222 g/mol. The minimum absolute atomic E-state index is 0.0972. The van der Waals surface area contributed by atoms with Crippen molar-refractivity contribution in [1.29, 1.82) is 0 Å². The highest BCUT2D eigenvalue weighted by atomic mass is 16.5. The number of carbonyl (C=O) groups is 2. The summed E-state index contributed by atoms with van der Waals surface area (Å²) >= 11 is 0. The zero-order valence-electron chi connectivity index (χ0n) is 9.10. The number of hydrogen-bond donors (Lipinski definition) is 1. The van der Waals surface area contributed by atoms with Gasteiger partial charge in [0.1, 0.15) is 0 Å². The molecule has 5 heteroatoms. The summed E-state index contributed by atoms with van der Waals surface area (Å²) in [5.41, 5.74) is 0.622. The van der Waals surface area contributed by atoms with Gasteiger partial charge in [-0.05, 0) is 19.1 Å². The first-order chi connectivity index (χ1) is 7.72. The van der Waals surface area contributed by atoms with Crippen LogP contribution in [-0.4, -0.2) is 23.5 Å². The third kappa shape index (κ3) is 4.54. The van der Waals surface area contributed by atoms with Gasteiger partial charge in [-0.1, -0.05) is 0 Å². The predicted octanol–water partition coefficient (Wildman–Crippen LogP) is 1.36. The summed E-state index contributed by atoms with van der Waals surface area (Å²) in [6.45, 7) is 2.07. The Kier molecular flexibility index (Phi) is 4.98. The van der Waals surface area contributed by atoms with E-state index < -0.39 is 0 Å². The van der Waals surface area contributed by atoms with E-state index in [4.69, 9.17) is 4.74 Å². The van der Waals surface area contributed by atoms with E-state index >= 15 is 0 Å². The van der Waals surface area contributed by atoms with Crippen LogP contribution in [0.5, 0.6) is 0 Å². The van der Waals surface area contributed by atoms with Crippen LogP contribution in [0.1, 0.15) is 19.8 Å². The van der Waals surface area contributed by atoms with Crippen LogP contribution >= 0.6 is 0 Å². The number of hydrogen-bond acceptors (Lipinski definition) is 4. The van der Waals surface area contributed by atoms with Gasteiger partial charge in [0, 0.05) is 12.6 Å². The van der Waals surface area contributed by atoms with Gasteiger partial charge in [-0.25, -0.2) is 0 Å². The molecule has 86 valence electrons. The molecule has 0 atom stereocenters. The molecule has 16 heavy (non-hydrogen) atoms. The maximum Gasteiger partial charge on any atom is 0.306 e. The molecule has 0 aliphatic carbocycles. The van der Waals surface area contributed by atoms with Gasteiger partial charge in [-0.15, -0.1) is 0 Å². The van der Waals surface area contributed by atoms with Gasteiger partial charge in [-0.2, -0.15) is 0 Å². The quantitative estimate of drug-likeness (QED) is 0.764. The predicted molar refractivity (Wildman–Crippen MR) is 58.7 cm³/mol. The number of rotatable bonds is 5. The van der Waals surface area contributed by atoms with E-state index in [0.717, 1.165) is 0 Å². The van der Waals surface area contributed by atoms with Crippen molar-refractivity contribution in [2.45, 2.75) is 19.8 Å². The average Bonchev–Trinajstić information content (AvgIpc) is 2.28. The first-order valence-electron chi connectivity index (χ1n) is 5.08. The summed E-state index contributed by atoms with van der Waals surface area (Å²) in [4.78, 5) is 26.2. The molecule has 0 saturated heterocycles. The Balaban J connectivity index is 2.29. The lowest BCUT2D eigenvalue weighted by molar-refractivity contribution is -0.144. The number of aromatic nitrogens is 1. The van der Waals surface area contributed by atoms with Crippen molar-refractivity contribution in [3.05, 3.63) is 24.5 Å². The third-order valence-corrected chi connectivity index (χ3v) is 1.81. The molecule has 0 spiro atoms. The fraction of sp³-hybridized carbons (Fsp3) is 0.364. The second-order valence-electron chi connectivity index (χ2n) is 3.09. The standard InChI is InChI=1S/C11H14N2O3/c1-2-16-11(15)6-5-10(14)13-9-4-3-7-12-8-9/h3-4,7-8H,2,5-6H2,1H3,(H,13,14). The summed E-state index contributed by atoms with van der Waals surface area (Å²) in [6.07, 6.45) is 3.38. The van der Waals surface area contributed by atoms with Crippen molar-refractivity contribution in [3.8, 4) is 0 Å². The second kappa shape index (κ2) is 6.55. The highest BCUT2D eigenvalue weighted by Gasteiger charge is 2.07. The van der Waals surface area contributed by atoms with Crippen LogP contribution in [0.25, 0.3) is 0 Å². The van der Waals surface area contributed by atoms with Crippen molar-refractivity contribution >= 4 is 17.6 Å². The van der Waals surface area contributed by atoms with Crippen molar-refractivity contribution in [2.75, 3.05) is 11.9 Å². The van der Waals surface area contributed by atoms with E-state index in [1.165, 1.54) is 0 Å². The molecule has 1 rings (SSSR count). The van der Waals surface area contributed by atoms with Gasteiger partial charge in [0.05, 0.1) is 24.9 Å². The Labute approximate surface area is 93.8 Å². The van der Waals surface area contributed by atoms with E-state index in [-0.39, 0.29) is 24.7 Å². The fourth-order valence-electron chi connectivity index (χ4n) is 1.11. The van der Waals surface area contributed by atoms with Gasteiger partial charge in [0.25, 0.3) is 0 Å². The van der Waals surface area contributed by atoms with Gasteiger partial charge in [-0.3, -0.25) is 14.6 Å². The van der Waals surface area contributed by atoms with Crippen molar-refractivity contribution in [1.82, 2.24) is 4.98 Å². The average molecular weight is 222 g/mol. The van der Waals surface area contributed by atoms with Crippen LogP contribution in [0.4, 0.5) is 5.69 Å². The zero-order valence-corrected chi connectivity index (χ0v) is 9.10. The first kappa shape index (κ1) is 12.2. The smallest absolute Gasteiger partial charge is 0.306 e. The lowest BCUT2D eigenvalue weighted by Gasteiger charge is -2.04. The van der Waals surface area contributed by atoms with E-state index in [1.807, 2.05) is 0 Å². The molecule has 0 aliphatic heterocycles. The lowest BCUT2D eigenvalue weighted by Crippen LogP contribution is -2.14. The molecular formula is C11H14N2O3. The molecule has 0 bridgehead atoms. The summed E-state index contributed by atoms with van der Waals surface area (Å²) in [6, 6.07) is 3.45. The summed E-state index contributed by atoms with van der Waals surface area (Å²) in [7, 11) is 0. The third-order valence-electron chi connectivity index (χ3n) is 1.81. The Bertz CT molecular complexity index is 352. The summed E-state index contributed by atoms with van der Waals surface area (Å²) < 4.78 is 4.71. The SMILES string of the molecule is CCOC(=O)CCC(=O)Nc1cccnc1. The molecule has 0 aromatic carbocycles. The summed E-state index contributed by atoms with van der Waals surface area (Å²) in [5.74, 6) is -0.579. The number of anilines is 1. The number of esters is 1. The van der Waals surface area contributed by atoms with Gasteiger partial charge in [0.15, 0.2) is 0 Å². The molecule has 1 amide bonds. The van der Waals surface area contributed by atoms with Crippen LogP contribution in [-0.2, 0) is 14.3 Å². The Morgan fingerprint density at radius 1 is 1.44 bits per heavy atom. The number of nitrogens with zero attached hydrogens (tertiary/aromatic N) is 1. The van der Waals surface area contributed by atoms with Crippen LogP contribution < -0.4 is 5.32 Å². The number of carbonyl (C=O) groups excluding carboxylic acids is 2. The van der Waals surface area contributed by atoms with E-state index in [9.17, 15) is 9.59 Å². The Hall–Kier alpha value is -1.91. The molecule has 1 aromatic heterocycles. The van der Waals surface area contributed by atoms with Crippen molar-refractivity contribution in [3.63, 3.8) is 0 Å². The molecular weight excluding hydrogens is 208 g/mol. The molecule has 1 aromatic rings. The van der Waals surface area contributed by atoms with Gasteiger partial charge < -0.3 is 10.1 Å². The molecule has 0 unspecified atom stereocenters. The number of amides is 1. The first-order valence-corrected chi connectivity index (χ1v) is 5.08. The molecule has 0 radical (unpaired) electrons. The topological polar surface area (TPSA) is 68.3 Å². The summed E-state index contributed by atoms with van der Waals surface area (Å²) in [5, 5.41) is 2.63. The van der Waals surface area contributed by atoms with Crippen LogP contribution in [0, 0.1) is 0 Å². The molecule has 5 nitrogen and oxygen atoms in total. The molecule has 0 fully saturated rings. The minimum Gasteiger partial charge on any atom is -0.466 e. The highest BCUT2D eigenvalue weighted by Crippen LogP contribution is 2.04. The van der Waals surface area contributed by atoms with Crippen molar-refractivity contribution < 1.29 is 14.3 Å². The Morgan fingerprint density at radius 3 is 2.88 bits per heavy atom. The largest absolute Gasteiger partial charge is 0.466 e. The maximum absolute atomic E-state index is 11.4. The number of nitrogens with one attached hydrogen (secondary N) is 1. The number of ether oxygens (including phenoxy) is 1. The van der Waals surface area contributed by atoms with Gasteiger partial charge in [0.2, 0.25) is 5.91 Å². The Morgan fingerprint density at radius 2 is 2.25 bits per heavy atom. The van der Waals surface area contributed by atoms with Gasteiger partial charge >= 0.3 is 5.97 Å². The van der Waals surface area contributed by atoms with Crippen molar-refractivity contribution in [2.24, 2.45) is 0 Å². The normalized spacial score (nSPS) is 9.56. The maximum atomic E-state index is 11.4. The molecule has 0 aliphatic rings. The fourth-order valence-corrected chi connectivity index (χ4v) is 1.11. The van der Waals surface area contributed by atoms with Crippen LogP contribution in [0.2, 0.25) is 0 Å². The highest BCUT2D eigenvalue weighted by molar-refractivity contribution is 5.92. The lowest BCUT2D eigenvalue weighted by atomic mass is 10.3. The van der Waals surface area contributed by atoms with Crippen LogP contribution in [0.3, 0.4) is 0 Å². The minimum atomic E-state index is -0.358. The molecule has 1 heterocycles. The second-order valence-corrected chi connectivity index (χ2v) is 3.09. The zero-order chi connectivity index (χ0) is 11.8. The molecule has 1 N–H and O–H groups in total. The van der Waals surface area contributed by atoms with Crippen LogP contribution in [0.15, 0.2) is 24.5 Å². The van der Waals surface area contributed by atoms with E-state index in [1.54, 1.807) is 31.5 Å². The molecule has 0 saturated carbocycles. The number of pyridine rings is 1. The van der Waals surface area contributed by atoms with E-state index in [0.29, 0.717) is 12.3 Å². The van der Waals surface area contributed by atoms with E-state index in [2.05, 4.69) is 10.3 Å².